The summed E-state index contributed by atoms with van der Waals surface area (Å²) in [5.74, 6) is -1.28. The smallest absolute Gasteiger partial charge is 0.331 e. The minimum atomic E-state index is -0.661. The average Bonchev–Trinajstić information content (AvgIpc) is 2.99. The van der Waals surface area contributed by atoms with E-state index in [-0.39, 0.29) is 23.5 Å². The van der Waals surface area contributed by atoms with Crippen LogP contribution < -0.4 is 0 Å². The van der Waals surface area contributed by atoms with E-state index in [1.165, 1.54) is 29.0 Å². The predicted octanol–water partition coefficient (Wildman–Crippen LogP) is 2.39. The van der Waals surface area contributed by atoms with Gasteiger partial charge in [0, 0.05) is 24.7 Å². The Morgan fingerprint density at radius 1 is 1.29 bits per heavy atom. The number of benzene rings is 1. The van der Waals surface area contributed by atoms with Gasteiger partial charge < -0.3 is 14.4 Å². The van der Waals surface area contributed by atoms with Crippen LogP contribution in [0, 0.1) is 12.7 Å². The lowest BCUT2D eigenvalue weighted by Crippen LogP contribution is -2.42. The first-order valence-electron chi connectivity index (χ1n) is 8.67. The highest BCUT2D eigenvalue weighted by Crippen LogP contribution is 2.24. The van der Waals surface area contributed by atoms with Gasteiger partial charge in [-0.1, -0.05) is 11.6 Å². The van der Waals surface area contributed by atoms with Gasteiger partial charge in [-0.25, -0.2) is 13.9 Å². The molecule has 28 heavy (non-hydrogen) atoms. The first-order valence-corrected chi connectivity index (χ1v) is 9.05. The molecule has 0 bridgehead atoms. The fourth-order valence-corrected chi connectivity index (χ4v) is 3.03. The third-order valence-corrected chi connectivity index (χ3v) is 4.57. The van der Waals surface area contributed by atoms with Crippen molar-refractivity contribution < 1.29 is 23.5 Å². The molecule has 2 aromatic rings. The molecule has 148 valence electrons. The van der Waals surface area contributed by atoms with Gasteiger partial charge in [0.2, 0.25) is 0 Å². The number of rotatable bonds is 5. The second-order valence-electron chi connectivity index (χ2n) is 6.11. The van der Waals surface area contributed by atoms with Crippen LogP contribution in [0.15, 0.2) is 30.3 Å². The van der Waals surface area contributed by atoms with Crippen molar-refractivity contribution in [3.8, 4) is 5.69 Å². The Morgan fingerprint density at radius 3 is 2.64 bits per heavy atom. The van der Waals surface area contributed by atoms with Gasteiger partial charge in [0.1, 0.15) is 11.0 Å². The van der Waals surface area contributed by atoms with Crippen molar-refractivity contribution in [2.24, 2.45) is 0 Å². The number of halogens is 2. The molecule has 0 saturated carbocycles. The minimum absolute atomic E-state index is 0.261. The van der Waals surface area contributed by atoms with E-state index in [9.17, 15) is 14.0 Å². The fourth-order valence-electron chi connectivity index (χ4n) is 2.69. The normalized spacial score (nSPS) is 14.5. The summed E-state index contributed by atoms with van der Waals surface area (Å²) in [5, 5.41) is 4.59. The number of hydrogen-bond donors (Lipinski definition) is 0. The number of carbonyl (C=O) groups excluding carboxylic acids is 2. The standard InChI is InChI=1S/C19H19ClFN3O4/c1-13-16(19(20)24(22-13)15-4-2-14(21)3-5-15)6-7-18(26)28-12-17(25)23-8-10-27-11-9-23/h2-7H,8-12H2,1H3/b7-6+. The molecule has 3 rings (SSSR count). The molecule has 1 aromatic carbocycles. The van der Waals surface area contributed by atoms with Crippen molar-refractivity contribution in [1.29, 1.82) is 0 Å². The molecule has 2 heterocycles. The van der Waals surface area contributed by atoms with Crippen LogP contribution in [0.4, 0.5) is 4.39 Å². The van der Waals surface area contributed by atoms with Crippen LogP contribution in [0.5, 0.6) is 0 Å². The van der Waals surface area contributed by atoms with Gasteiger partial charge in [-0.15, -0.1) is 0 Å². The zero-order valence-electron chi connectivity index (χ0n) is 15.2. The maximum absolute atomic E-state index is 13.1. The van der Waals surface area contributed by atoms with Gasteiger partial charge >= 0.3 is 5.97 Å². The highest BCUT2D eigenvalue weighted by atomic mass is 35.5. The third kappa shape index (κ3) is 4.76. The number of amides is 1. The molecular weight excluding hydrogens is 389 g/mol. The summed E-state index contributed by atoms with van der Waals surface area (Å²) in [7, 11) is 0. The second kappa shape index (κ2) is 8.99. The molecular formula is C19H19ClFN3O4. The van der Waals surface area contributed by atoms with E-state index in [1.807, 2.05) is 0 Å². The quantitative estimate of drug-likeness (QED) is 0.562. The van der Waals surface area contributed by atoms with Crippen molar-refractivity contribution >= 4 is 29.6 Å². The van der Waals surface area contributed by atoms with E-state index in [2.05, 4.69) is 5.10 Å². The molecule has 1 aromatic heterocycles. The van der Waals surface area contributed by atoms with Crippen molar-refractivity contribution in [1.82, 2.24) is 14.7 Å². The molecule has 1 fully saturated rings. The second-order valence-corrected chi connectivity index (χ2v) is 6.47. The lowest BCUT2D eigenvalue weighted by molar-refractivity contribution is -0.150. The number of aromatic nitrogens is 2. The van der Waals surface area contributed by atoms with Gasteiger partial charge in [-0.05, 0) is 37.3 Å². The van der Waals surface area contributed by atoms with E-state index >= 15 is 0 Å². The molecule has 0 radical (unpaired) electrons. The molecule has 1 saturated heterocycles. The number of esters is 1. The Balaban J connectivity index is 1.62. The van der Waals surface area contributed by atoms with Gasteiger partial charge in [0.25, 0.3) is 5.91 Å². The van der Waals surface area contributed by atoms with E-state index in [1.54, 1.807) is 24.0 Å². The van der Waals surface area contributed by atoms with Crippen molar-refractivity contribution in [3.05, 3.63) is 52.6 Å². The lowest BCUT2D eigenvalue weighted by Gasteiger charge is -2.26. The van der Waals surface area contributed by atoms with Gasteiger partial charge in [0.05, 0.1) is 24.6 Å². The highest BCUT2D eigenvalue weighted by molar-refractivity contribution is 6.31. The Labute approximate surface area is 166 Å². The Hall–Kier alpha value is -2.71. The first kappa shape index (κ1) is 20.0. The molecule has 1 aliphatic rings. The van der Waals surface area contributed by atoms with Crippen LogP contribution in [-0.2, 0) is 19.1 Å². The highest BCUT2D eigenvalue weighted by Gasteiger charge is 2.18. The minimum Gasteiger partial charge on any atom is -0.452 e. The topological polar surface area (TPSA) is 73.7 Å². The SMILES string of the molecule is Cc1nn(-c2ccc(F)cc2)c(Cl)c1/C=C/C(=O)OCC(=O)N1CCOCC1. The average molecular weight is 408 g/mol. The van der Waals surface area contributed by atoms with E-state index in [4.69, 9.17) is 21.1 Å². The molecule has 0 N–H and O–H groups in total. The maximum atomic E-state index is 13.1. The summed E-state index contributed by atoms with van der Waals surface area (Å²) in [4.78, 5) is 25.5. The molecule has 0 unspecified atom stereocenters. The molecule has 0 atom stereocenters. The molecule has 0 aliphatic carbocycles. The summed E-state index contributed by atoms with van der Waals surface area (Å²) in [6, 6.07) is 5.71. The summed E-state index contributed by atoms with van der Waals surface area (Å²) in [6.07, 6.45) is 2.67. The van der Waals surface area contributed by atoms with E-state index in [0.29, 0.717) is 43.2 Å². The Morgan fingerprint density at radius 2 is 1.96 bits per heavy atom. The third-order valence-electron chi connectivity index (χ3n) is 4.21. The fraction of sp³-hybridized carbons (Fsp3) is 0.316. The summed E-state index contributed by atoms with van der Waals surface area (Å²) in [5.41, 5.74) is 1.71. The van der Waals surface area contributed by atoms with Gasteiger partial charge in [-0.2, -0.15) is 5.10 Å². The van der Waals surface area contributed by atoms with E-state index in [0.717, 1.165) is 0 Å². The molecule has 1 aliphatic heterocycles. The number of ether oxygens (including phenoxy) is 2. The Bertz CT molecular complexity index is 889. The monoisotopic (exact) mass is 407 g/mol. The number of carbonyl (C=O) groups is 2. The van der Waals surface area contributed by atoms with Crippen LogP contribution in [0.25, 0.3) is 11.8 Å². The lowest BCUT2D eigenvalue weighted by atomic mass is 10.2. The predicted molar refractivity (Wildman–Crippen MR) is 101 cm³/mol. The van der Waals surface area contributed by atoms with Crippen LogP contribution in [-0.4, -0.2) is 59.5 Å². The van der Waals surface area contributed by atoms with Crippen molar-refractivity contribution in [2.75, 3.05) is 32.9 Å². The number of aryl methyl sites for hydroxylation is 1. The first-order chi connectivity index (χ1) is 13.5. The van der Waals surface area contributed by atoms with Crippen LogP contribution in [0.1, 0.15) is 11.3 Å². The number of morpholine rings is 1. The van der Waals surface area contributed by atoms with Crippen LogP contribution >= 0.6 is 11.6 Å². The van der Waals surface area contributed by atoms with Crippen molar-refractivity contribution in [2.45, 2.75) is 6.92 Å². The molecule has 0 spiro atoms. The van der Waals surface area contributed by atoms with Crippen LogP contribution in [0.3, 0.4) is 0 Å². The summed E-state index contributed by atoms with van der Waals surface area (Å²) < 4.78 is 24.7. The maximum Gasteiger partial charge on any atom is 0.331 e. The number of nitrogens with zero attached hydrogens (tertiary/aromatic N) is 3. The van der Waals surface area contributed by atoms with Crippen molar-refractivity contribution in [3.63, 3.8) is 0 Å². The molecule has 1 amide bonds. The van der Waals surface area contributed by atoms with Gasteiger partial charge in [0.15, 0.2) is 6.61 Å². The number of hydrogen-bond acceptors (Lipinski definition) is 5. The Kier molecular flexibility index (Phi) is 6.43. The summed E-state index contributed by atoms with van der Waals surface area (Å²) in [6.45, 7) is 3.35. The zero-order valence-corrected chi connectivity index (χ0v) is 16.0. The zero-order chi connectivity index (χ0) is 20.1. The molecule has 9 heteroatoms. The summed E-state index contributed by atoms with van der Waals surface area (Å²) >= 11 is 6.35. The largest absolute Gasteiger partial charge is 0.452 e. The van der Waals surface area contributed by atoms with Gasteiger partial charge in [-0.3, -0.25) is 4.79 Å². The van der Waals surface area contributed by atoms with Crippen LogP contribution in [0.2, 0.25) is 5.15 Å². The molecule has 7 nitrogen and oxygen atoms in total. The van der Waals surface area contributed by atoms with E-state index < -0.39 is 5.97 Å².